The van der Waals surface area contributed by atoms with Crippen molar-refractivity contribution in [2.75, 3.05) is 19.7 Å². The maximum Gasteiger partial charge on any atom is 0.320 e. The van der Waals surface area contributed by atoms with E-state index in [4.69, 9.17) is 9.84 Å². The summed E-state index contributed by atoms with van der Waals surface area (Å²) in [5, 5.41) is 8.93. The standard InChI is InChI=1S/C11H19NO3/c1-11(2)8(4-6-15-11)7-12-5-3-9(12)10(13)14/h8-9H,3-7H2,1-2H3,(H,13,14). The van der Waals surface area contributed by atoms with Crippen molar-refractivity contribution in [3.05, 3.63) is 0 Å². The van der Waals surface area contributed by atoms with Crippen molar-refractivity contribution in [2.24, 2.45) is 5.92 Å². The second-order valence-corrected chi connectivity index (χ2v) is 5.08. The SMILES string of the molecule is CC1(C)OCCC1CN1CCC1C(=O)O. The minimum atomic E-state index is -0.682. The number of aliphatic carboxylic acids is 1. The van der Waals surface area contributed by atoms with Crippen LogP contribution in [0.15, 0.2) is 0 Å². The summed E-state index contributed by atoms with van der Waals surface area (Å²) in [5.74, 6) is -0.211. The molecule has 2 saturated heterocycles. The molecule has 2 aliphatic heterocycles. The van der Waals surface area contributed by atoms with Crippen molar-refractivity contribution >= 4 is 5.97 Å². The average molecular weight is 213 g/mol. The summed E-state index contributed by atoms with van der Waals surface area (Å²) < 4.78 is 5.64. The molecule has 15 heavy (non-hydrogen) atoms. The Bertz CT molecular complexity index is 265. The maximum absolute atomic E-state index is 10.9. The molecule has 0 aromatic carbocycles. The van der Waals surface area contributed by atoms with Crippen LogP contribution in [-0.4, -0.2) is 47.3 Å². The van der Waals surface area contributed by atoms with Gasteiger partial charge in [0.2, 0.25) is 0 Å². The molecule has 2 heterocycles. The van der Waals surface area contributed by atoms with E-state index in [0.717, 1.165) is 32.5 Å². The van der Waals surface area contributed by atoms with Crippen molar-refractivity contribution in [3.63, 3.8) is 0 Å². The van der Waals surface area contributed by atoms with E-state index < -0.39 is 5.97 Å². The summed E-state index contributed by atoms with van der Waals surface area (Å²) in [4.78, 5) is 12.9. The first-order valence-corrected chi connectivity index (χ1v) is 5.61. The largest absolute Gasteiger partial charge is 0.480 e. The Kier molecular flexibility index (Phi) is 2.73. The van der Waals surface area contributed by atoms with Gasteiger partial charge in [-0.1, -0.05) is 0 Å². The molecule has 0 radical (unpaired) electrons. The Morgan fingerprint density at radius 1 is 1.53 bits per heavy atom. The zero-order valence-electron chi connectivity index (χ0n) is 9.40. The number of rotatable bonds is 3. The van der Waals surface area contributed by atoms with E-state index in [2.05, 4.69) is 18.7 Å². The summed E-state index contributed by atoms with van der Waals surface area (Å²) in [7, 11) is 0. The summed E-state index contributed by atoms with van der Waals surface area (Å²) in [6.07, 6.45) is 1.85. The molecule has 4 nitrogen and oxygen atoms in total. The highest BCUT2D eigenvalue weighted by molar-refractivity contribution is 5.74. The fourth-order valence-electron chi connectivity index (χ4n) is 2.46. The molecule has 0 aromatic heterocycles. The van der Waals surface area contributed by atoms with Gasteiger partial charge in [0.25, 0.3) is 0 Å². The molecule has 2 atom stereocenters. The molecule has 2 fully saturated rings. The fourth-order valence-corrected chi connectivity index (χ4v) is 2.46. The lowest BCUT2D eigenvalue weighted by Crippen LogP contribution is -2.55. The van der Waals surface area contributed by atoms with Gasteiger partial charge in [-0.15, -0.1) is 0 Å². The third kappa shape index (κ3) is 2.01. The van der Waals surface area contributed by atoms with Gasteiger partial charge in [0.05, 0.1) is 5.60 Å². The molecule has 2 aliphatic rings. The molecule has 2 unspecified atom stereocenters. The average Bonchev–Trinajstić information content (AvgIpc) is 2.38. The summed E-state index contributed by atoms with van der Waals surface area (Å²) in [6.45, 7) is 6.79. The first-order chi connectivity index (χ1) is 7.00. The van der Waals surface area contributed by atoms with Gasteiger partial charge in [0.1, 0.15) is 6.04 Å². The number of likely N-dealkylation sites (tertiary alicyclic amines) is 1. The minimum absolute atomic E-state index is 0.0847. The molecule has 2 rings (SSSR count). The number of carbonyl (C=O) groups is 1. The summed E-state index contributed by atoms with van der Waals surface area (Å²) >= 11 is 0. The van der Waals surface area contributed by atoms with Gasteiger partial charge in [-0.05, 0) is 26.7 Å². The minimum Gasteiger partial charge on any atom is -0.480 e. The smallest absolute Gasteiger partial charge is 0.320 e. The maximum atomic E-state index is 10.9. The zero-order chi connectivity index (χ0) is 11.1. The zero-order valence-corrected chi connectivity index (χ0v) is 9.40. The molecule has 4 heteroatoms. The van der Waals surface area contributed by atoms with Crippen molar-refractivity contribution in [1.82, 2.24) is 4.90 Å². The Hall–Kier alpha value is -0.610. The Morgan fingerprint density at radius 3 is 2.67 bits per heavy atom. The van der Waals surface area contributed by atoms with E-state index in [0.29, 0.717) is 5.92 Å². The third-order valence-corrected chi connectivity index (χ3v) is 3.79. The van der Waals surface area contributed by atoms with Gasteiger partial charge in [0.15, 0.2) is 0 Å². The van der Waals surface area contributed by atoms with Crippen LogP contribution in [0.4, 0.5) is 0 Å². The monoisotopic (exact) mass is 213 g/mol. The number of nitrogens with zero attached hydrogens (tertiary/aromatic N) is 1. The normalized spacial score (nSPS) is 35.1. The van der Waals surface area contributed by atoms with Gasteiger partial charge in [-0.25, -0.2) is 0 Å². The topological polar surface area (TPSA) is 49.8 Å². The number of carboxylic acids is 1. The molecule has 86 valence electrons. The van der Waals surface area contributed by atoms with Gasteiger partial charge in [-0.2, -0.15) is 0 Å². The van der Waals surface area contributed by atoms with Crippen LogP contribution in [0.2, 0.25) is 0 Å². The number of hydrogen-bond acceptors (Lipinski definition) is 3. The lowest BCUT2D eigenvalue weighted by molar-refractivity contribution is -0.149. The lowest BCUT2D eigenvalue weighted by atomic mass is 9.88. The molecular weight excluding hydrogens is 194 g/mol. The molecule has 0 aliphatic carbocycles. The van der Waals surface area contributed by atoms with Gasteiger partial charge >= 0.3 is 5.97 Å². The van der Waals surface area contributed by atoms with E-state index in [1.54, 1.807) is 0 Å². The van der Waals surface area contributed by atoms with Crippen LogP contribution in [-0.2, 0) is 9.53 Å². The van der Waals surface area contributed by atoms with E-state index >= 15 is 0 Å². The predicted octanol–water partition coefficient (Wildman–Crippen LogP) is 0.960. The number of ether oxygens (including phenoxy) is 1. The first-order valence-electron chi connectivity index (χ1n) is 5.61. The lowest BCUT2D eigenvalue weighted by Gasteiger charge is -2.41. The van der Waals surface area contributed by atoms with E-state index in [9.17, 15) is 4.79 Å². The molecular formula is C11H19NO3. The second-order valence-electron chi connectivity index (χ2n) is 5.08. The van der Waals surface area contributed by atoms with Crippen molar-refractivity contribution in [3.8, 4) is 0 Å². The third-order valence-electron chi connectivity index (χ3n) is 3.79. The van der Waals surface area contributed by atoms with E-state index in [-0.39, 0.29) is 11.6 Å². The Labute approximate surface area is 90.2 Å². The van der Waals surface area contributed by atoms with Crippen LogP contribution >= 0.6 is 0 Å². The molecule has 0 amide bonds. The number of hydrogen-bond donors (Lipinski definition) is 1. The highest BCUT2D eigenvalue weighted by Crippen LogP contribution is 2.33. The molecule has 0 bridgehead atoms. The Morgan fingerprint density at radius 2 is 2.27 bits per heavy atom. The van der Waals surface area contributed by atoms with E-state index in [1.807, 2.05) is 0 Å². The molecule has 0 aromatic rings. The van der Waals surface area contributed by atoms with Gasteiger partial charge in [-0.3, -0.25) is 9.69 Å². The molecule has 0 spiro atoms. The van der Waals surface area contributed by atoms with E-state index in [1.165, 1.54) is 0 Å². The van der Waals surface area contributed by atoms with Crippen molar-refractivity contribution < 1.29 is 14.6 Å². The quantitative estimate of drug-likeness (QED) is 0.758. The van der Waals surface area contributed by atoms with Crippen LogP contribution < -0.4 is 0 Å². The second kappa shape index (κ2) is 3.76. The van der Waals surface area contributed by atoms with Crippen LogP contribution in [0.1, 0.15) is 26.7 Å². The highest BCUT2D eigenvalue weighted by atomic mass is 16.5. The first kappa shape index (κ1) is 10.9. The molecule has 1 N–H and O–H groups in total. The Balaban J connectivity index is 1.90. The van der Waals surface area contributed by atoms with Crippen LogP contribution in [0, 0.1) is 5.92 Å². The van der Waals surface area contributed by atoms with Gasteiger partial charge < -0.3 is 9.84 Å². The van der Waals surface area contributed by atoms with Crippen molar-refractivity contribution in [2.45, 2.75) is 38.3 Å². The summed E-state index contributed by atoms with van der Waals surface area (Å²) in [5.41, 5.74) is -0.0847. The van der Waals surface area contributed by atoms with Crippen LogP contribution in [0.5, 0.6) is 0 Å². The fraction of sp³-hybridized carbons (Fsp3) is 0.909. The van der Waals surface area contributed by atoms with Gasteiger partial charge in [0, 0.05) is 25.6 Å². The highest BCUT2D eigenvalue weighted by Gasteiger charge is 2.41. The predicted molar refractivity (Wildman–Crippen MR) is 55.8 cm³/mol. The summed E-state index contributed by atoms with van der Waals surface area (Å²) in [6, 6.07) is -0.249. The van der Waals surface area contributed by atoms with Crippen LogP contribution in [0.25, 0.3) is 0 Å². The van der Waals surface area contributed by atoms with Crippen molar-refractivity contribution in [1.29, 1.82) is 0 Å². The molecule has 0 saturated carbocycles. The number of carboxylic acid groups (broad SMARTS) is 1. The van der Waals surface area contributed by atoms with Crippen LogP contribution in [0.3, 0.4) is 0 Å².